The standard InChI is InChI=1S/C28H32N4O8/c1-40-22-9-5-8-20(16-22)28(37)31-15-14-30(27(36)19-10-12-21(13-11-19)32(38)39)26(31)25(35)29-23(17-24(33)34)18-6-3-2-4-7-18/h5,8-13,16,18,23,26H,2-4,6-7,14-15,17H2,1H3,(H,29,35)(H,33,34). The molecule has 0 spiro atoms. The van der Waals surface area contributed by atoms with Crippen molar-refractivity contribution in [1.82, 2.24) is 15.1 Å². The Bertz CT molecular complexity index is 1280. The first-order chi connectivity index (χ1) is 19.2. The van der Waals surface area contributed by atoms with E-state index in [2.05, 4.69) is 5.32 Å². The molecule has 2 aromatic rings. The molecule has 1 aliphatic heterocycles. The van der Waals surface area contributed by atoms with Gasteiger partial charge in [-0.25, -0.2) is 0 Å². The SMILES string of the molecule is COc1cccc(C(=O)N2CCN(C(=O)c3ccc([N+](=O)[O-])cc3)C2C(=O)NC(CC(=O)O)C2CCCCC2)c1. The highest BCUT2D eigenvalue weighted by atomic mass is 16.6. The maximum Gasteiger partial charge on any atom is 0.305 e. The average molecular weight is 553 g/mol. The molecule has 2 fully saturated rings. The van der Waals surface area contributed by atoms with E-state index in [-0.39, 0.29) is 42.2 Å². The Morgan fingerprint density at radius 1 is 1.00 bits per heavy atom. The zero-order valence-electron chi connectivity index (χ0n) is 22.2. The number of carbonyl (C=O) groups excluding carboxylic acids is 3. The van der Waals surface area contributed by atoms with Gasteiger partial charge in [0.2, 0.25) is 0 Å². The monoisotopic (exact) mass is 552 g/mol. The Morgan fingerprint density at radius 3 is 2.20 bits per heavy atom. The second-order valence-electron chi connectivity index (χ2n) is 10.0. The molecule has 2 aromatic carbocycles. The number of nitrogens with zero attached hydrogens (tertiary/aromatic N) is 3. The van der Waals surface area contributed by atoms with Crippen LogP contribution < -0.4 is 10.1 Å². The van der Waals surface area contributed by atoms with Crippen molar-refractivity contribution in [2.75, 3.05) is 20.2 Å². The lowest BCUT2D eigenvalue weighted by Gasteiger charge is -2.34. The summed E-state index contributed by atoms with van der Waals surface area (Å²) in [5.41, 5.74) is 0.190. The number of carboxylic acid groups (broad SMARTS) is 1. The number of methoxy groups -OCH3 is 1. The largest absolute Gasteiger partial charge is 0.497 e. The number of nitro benzene ring substituents is 1. The molecule has 4 rings (SSSR count). The van der Waals surface area contributed by atoms with Gasteiger partial charge in [0.15, 0.2) is 6.17 Å². The normalized spacial score (nSPS) is 18.2. The average Bonchev–Trinajstić information content (AvgIpc) is 3.41. The summed E-state index contributed by atoms with van der Waals surface area (Å²) in [7, 11) is 1.47. The Morgan fingerprint density at radius 2 is 1.62 bits per heavy atom. The first kappa shape index (κ1) is 28.5. The van der Waals surface area contributed by atoms with Gasteiger partial charge in [0, 0.05) is 42.4 Å². The van der Waals surface area contributed by atoms with Gasteiger partial charge in [-0.1, -0.05) is 25.3 Å². The van der Waals surface area contributed by atoms with Gasteiger partial charge in [-0.2, -0.15) is 0 Å². The topological polar surface area (TPSA) is 159 Å². The lowest BCUT2D eigenvalue weighted by molar-refractivity contribution is -0.384. The van der Waals surface area contributed by atoms with Crippen molar-refractivity contribution >= 4 is 29.4 Å². The van der Waals surface area contributed by atoms with E-state index in [9.17, 15) is 34.4 Å². The molecule has 1 aliphatic carbocycles. The van der Waals surface area contributed by atoms with E-state index in [1.165, 1.54) is 47.2 Å². The number of aliphatic carboxylic acids is 1. The third-order valence-electron chi connectivity index (χ3n) is 7.51. The van der Waals surface area contributed by atoms with Crippen molar-refractivity contribution < 1.29 is 33.9 Å². The summed E-state index contributed by atoms with van der Waals surface area (Å²) in [6, 6.07) is 10.8. The maximum absolute atomic E-state index is 13.8. The summed E-state index contributed by atoms with van der Waals surface area (Å²) in [5.74, 6) is -2.36. The van der Waals surface area contributed by atoms with Crippen molar-refractivity contribution in [2.24, 2.45) is 5.92 Å². The van der Waals surface area contributed by atoms with Crippen LogP contribution >= 0.6 is 0 Å². The van der Waals surface area contributed by atoms with E-state index < -0.39 is 40.8 Å². The number of nitro groups is 1. The van der Waals surface area contributed by atoms with Crippen LogP contribution in [-0.2, 0) is 9.59 Å². The fourth-order valence-corrected chi connectivity index (χ4v) is 5.47. The van der Waals surface area contributed by atoms with Crippen molar-refractivity contribution in [3.63, 3.8) is 0 Å². The van der Waals surface area contributed by atoms with E-state index in [0.717, 1.165) is 32.1 Å². The quantitative estimate of drug-likeness (QED) is 0.355. The zero-order chi connectivity index (χ0) is 28.8. The van der Waals surface area contributed by atoms with Gasteiger partial charge in [0.1, 0.15) is 5.75 Å². The maximum atomic E-state index is 13.8. The van der Waals surface area contributed by atoms with E-state index in [1.807, 2.05) is 0 Å². The number of nitrogens with one attached hydrogen (secondary N) is 1. The van der Waals surface area contributed by atoms with Crippen molar-refractivity contribution in [3.8, 4) is 5.75 Å². The van der Waals surface area contributed by atoms with Crippen LogP contribution in [-0.4, -0.2) is 75.9 Å². The fraction of sp³-hybridized carbons (Fsp3) is 0.429. The first-order valence-corrected chi connectivity index (χ1v) is 13.2. The molecule has 0 radical (unpaired) electrons. The lowest BCUT2D eigenvalue weighted by atomic mass is 9.82. The number of ether oxygens (including phenoxy) is 1. The zero-order valence-corrected chi connectivity index (χ0v) is 22.2. The van der Waals surface area contributed by atoms with Gasteiger partial charge < -0.3 is 25.0 Å². The van der Waals surface area contributed by atoms with Gasteiger partial charge in [-0.3, -0.25) is 29.3 Å². The Labute approximate surface area is 231 Å². The second-order valence-corrected chi connectivity index (χ2v) is 10.0. The number of rotatable bonds is 9. The van der Waals surface area contributed by atoms with E-state index in [4.69, 9.17) is 4.74 Å². The summed E-state index contributed by atoms with van der Waals surface area (Å²) < 4.78 is 5.22. The number of carboxylic acids is 1. The van der Waals surface area contributed by atoms with E-state index in [0.29, 0.717) is 5.75 Å². The molecule has 40 heavy (non-hydrogen) atoms. The van der Waals surface area contributed by atoms with Crippen LogP contribution in [0.25, 0.3) is 0 Å². The Kier molecular flexibility index (Phi) is 8.97. The van der Waals surface area contributed by atoms with Crippen molar-refractivity contribution in [2.45, 2.75) is 50.7 Å². The predicted octanol–water partition coefficient (Wildman–Crippen LogP) is 3.07. The summed E-state index contributed by atoms with van der Waals surface area (Å²) in [6.07, 6.45) is 2.86. The van der Waals surface area contributed by atoms with Gasteiger partial charge in [0.05, 0.1) is 18.5 Å². The number of carbonyl (C=O) groups is 4. The smallest absolute Gasteiger partial charge is 0.305 e. The molecule has 212 valence electrons. The Balaban J connectivity index is 1.65. The van der Waals surface area contributed by atoms with Gasteiger partial charge in [0.25, 0.3) is 23.4 Å². The van der Waals surface area contributed by atoms with Crippen LogP contribution in [0.4, 0.5) is 5.69 Å². The van der Waals surface area contributed by atoms with Crippen LogP contribution in [0, 0.1) is 16.0 Å². The van der Waals surface area contributed by atoms with Gasteiger partial charge in [-0.15, -0.1) is 0 Å². The Hall–Kier alpha value is -4.48. The number of amides is 3. The number of benzene rings is 2. The van der Waals surface area contributed by atoms with E-state index >= 15 is 0 Å². The van der Waals surface area contributed by atoms with Crippen LogP contribution in [0.1, 0.15) is 59.2 Å². The predicted molar refractivity (Wildman–Crippen MR) is 143 cm³/mol. The van der Waals surface area contributed by atoms with E-state index in [1.54, 1.807) is 18.2 Å². The number of non-ortho nitro benzene ring substituents is 1. The van der Waals surface area contributed by atoms with Crippen LogP contribution in [0.3, 0.4) is 0 Å². The summed E-state index contributed by atoms with van der Waals surface area (Å²) in [6.45, 7) is 0.0938. The molecule has 2 atom stereocenters. The molecule has 2 unspecified atom stereocenters. The minimum Gasteiger partial charge on any atom is -0.497 e. The highest BCUT2D eigenvalue weighted by Gasteiger charge is 2.44. The van der Waals surface area contributed by atoms with Crippen molar-refractivity contribution in [1.29, 1.82) is 0 Å². The molecule has 3 amide bonds. The van der Waals surface area contributed by atoms with Gasteiger partial charge in [-0.05, 0) is 49.1 Å². The molecular formula is C28H32N4O8. The summed E-state index contributed by atoms with van der Waals surface area (Å²) in [4.78, 5) is 65.6. The molecule has 2 aliphatic rings. The van der Waals surface area contributed by atoms with Crippen LogP contribution in [0.5, 0.6) is 5.75 Å². The highest BCUT2D eigenvalue weighted by Crippen LogP contribution is 2.29. The molecule has 1 heterocycles. The molecule has 2 N–H and O–H groups in total. The fourth-order valence-electron chi connectivity index (χ4n) is 5.47. The van der Waals surface area contributed by atoms with Crippen LogP contribution in [0.15, 0.2) is 48.5 Å². The number of hydrogen-bond acceptors (Lipinski definition) is 7. The molecule has 1 saturated carbocycles. The highest BCUT2D eigenvalue weighted by molar-refractivity contribution is 6.02. The minimum atomic E-state index is -1.35. The summed E-state index contributed by atoms with van der Waals surface area (Å²) in [5, 5.41) is 23.4. The third kappa shape index (κ3) is 6.38. The van der Waals surface area contributed by atoms with Crippen molar-refractivity contribution in [3.05, 3.63) is 69.8 Å². The number of hydrogen-bond donors (Lipinski definition) is 2. The van der Waals surface area contributed by atoms with Crippen LogP contribution in [0.2, 0.25) is 0 Å². The van der Waals surface area contributed by atoms with Gasteiger partial charge >= 0.3 is 5.97 Å². The third-order valence-corrected chi connectivity index (χ3v) is 7.51. The molecule has 0 aromatic heterocycles. The molecule has 0 bridgehead atoms. The molecule has 1 saturated heterocycles. The molecular weight excluding hydrogens is 520 g/mol. The molecule has 12 heteroatoms. The minimum absolute atomic E-state index is 0.0310. The second kappa shape index (κ2) is 12.6. The molecule has 12 nitrogen and oxygen atoms in total. The lowest BCUT2D eigenvalue weighted by Crippen LogP contribution is -2.56. The first-order valence-electron chi connectivity index (χ1n) is 13.2. The summed E-state index contributed by atoms with van der Waals surface area (Å²) >= 11 is 0.